The Morgan fingerprint density at radius 2 is 1.51 bits per heavy atom. The average molecular weight is 617 g/mol. The molecular weight excluding hydrogens is 580 g/mol. The van der Waals surface area contributed by atoms with Crippen LogP contribution in [0.1, 0.15) is 19.4 Å². The number of carbonyl (C=O) groups is 1. The van der Waals surface area contributed by atoms with Gasteiger partial charge in [-0.1, -0.05) is 66.7 Å². The number of nitrogens with one attached hydrogen (secondary N) is 1. The number of fused-ring (bicyclic) bond motifs is 3. The van der Waals surface area contributed by atoms with Gasteiger partial charge >= 0.3 is 0 Å². The molecular formula is C37H36N4O3S. The van der Waals surface area contributed by atoms with E-state index in [0.29, 0.717) is 17.0 Å². The number of likely N-dealkylation sites (N-methyl/N-ethyl adjacent to an activating group) is 2. The van der Waals surface area contributed by atoms with E-state index in [1.54, 1.807) is 36.2 Å². The Hall–Kier alpha value is -4.79. The zero-order valence-corrected chi connectivity index (χ0v) is 26.7. The van der Waals surface area contributed by atoms with Crippen LogP contribution in [0.5, 0.6) is 0 Å². The van der Waals surface area contributed by atoms with Crippen LogP contribution in [0.4, 0.5) is 5.69 Å². The monoisotopic (exact) mass is 616 g/mol. The Morgan fingerprint density at radius 3 is 2.18 bits per heavy atom. The van der Waals surface area contributed by atoms with Crippen LogP contribution in [-0.2, 0) is 20.4 Å². The molecule has 228 valence electrons. The summed E-state index contributed by atoms with van der Waals surface area (Å²) in [5, 5.41) is 1.84. The molecule has 0 fully saturated rings. The van der Waals surface area contributed by atoms with E-state index in [1.807, 2.05) is 84.9 Å². The number of nitrogens with zero attached hydrogens (tertiary/aromatic N) is 3. The minimum absolute atomic E-state index is 0.0240. The van der Waals surface area contributed by atoms with E-state index in [2.05, 4.69) is 31.0 Å². The average Bonchev–Trinajstić information content (AvgIpc) is 3.42. The summed E-state index contributed by atoms with van der Waals surface area (Å²) in [4.78, 5) is 25.2. The molecule has 2 heterocycles. The predicted molar refractivity (Wildman–Crippen MR) is 183 cm³/mol. The number of aromatic amines is 1. The summed E-state index contributed by atoms with van der Waals surface area (Å²) in [6, 6.07) is 32.7. The van der Waals surface area contributed by atoms with E-state index in [-0.39, 0.29) is 17.7 Å². The van der Waals surface area contributed by atoms with Crippen molar-refractivity contribution in [3.05, 3.63) is 115 Å². The summed E-state index contributed by atoms with van der Waals surface area (Å²) in [6.45, 7) is 4.47. The standard InChI is InChI=1S/C37H36N4O3S/c1-25(2)40(3)23-34(42)41(4)29-18-16-27(17-19-29)32-22-38-37-36(35(32)28-11-7-5-8-12-28)31-21-26(15-20-33(31)39-37)24-45(43,44)30-13-9-6-10-14-30/h5-22,25H,23-24H2,1-4H3,(H,38,39). The van der Waals surface area contributed by atoms with Crippen molar-refractivity contribution in [2.24, 2.45) is 0 Å². The van der Waals surface area contributed by atoms with Gasteiger partial charge in [0.05, 0.1) is 17.2 Å². The molecule has 1 N–H and O–H groups in total. The third kappa shape index (κ3) is 6.12. The first-order valence-electron chi connectivity index (χ1n) is 15.0. The van der Waals surface area contributed by atoms with Crippen molar-refractivity contribution in [1.29, 1.82) is 0 Å². The van der Waals surface area contributed by atoms with Crippen molar-refractivity contribution in [1.82, 2.24) is 14.9 Å². The quantitative estimate of drug-likeness (QED) is 0.184. The topological polar surface area (TPSA) is 86.4 Å². The molecule has 45 heavy (non-hydrogen) atoms. The number of rotatable bonds is 9. The number of hydrogen-bond donors (Lipinski definition) is 1. The number of pyridine rings is 1. The van der Waals surface area contributed by atoms with Crippen molar-refractivity contribution in [3.63, 3.8) is 0 Å². The normalized spacial score (nSPS) is 12.0. The first-order valence-corrected chi connectivity index (χ1v) is 16.6. The van der Waals surface area contributed by atoms with Crippen molar-refractivity contribution in [3.8, 4) is 22.3 Å². The van der Waals surface area contributed by atoms with Gasteiger partial charge in [-0.15, -0.1) is 0 Å². The van der Waals surface area contributed by atoms with Crippen LogP contribution in [0.2, 0.25) is 0 Å². The van der Waals surface area contributed by atoms with Crippen LogP contribution >= 0.6 is 0 Å². The van der Waals surface area contributed by atoms with Gasteiger partial charge in [0, 0.05) is 52.4 Å². The van der Waals surface area contributed by atoms with Crippen molar-refractivity contribution < 1.29 is 13.2 Å². The van der Waals surface area contributed by atoms with Crippen LogP contribution in [0.3, 0.4) is 0 Å². The molecule has 0 radical (unpaired) electrons. The Kier molecular flexibility index (Phi) is 8.27. The van der Waals surface area contributed by atoms with Gasteiger partial charge in [-0.05, 0) is 74.0 Å². The summed E-state index contributed by atoms with van der Waals surface area (Å²) in [5.41, 5.74) is 7.06. The third-order valence-corrected chi connectivity index (χ3v) is 10.1. The summed E-state index contributed by atoms with van der Waals surface area (Å²) in [5.74, 6) is -0.0791. The summed E-state index contributed by atoms with van der Waals surface area (Å²) >= 11 is 0. The van der Waals surface area contributed by atoms with Crippen molar-refractivity contribution >= 4 is 43.4 Å². The van der Waals surface area contributed by atoms with E-state index in [0.717, 1.165) is 49.9 Å². The molecule has 2 aromatic heterocycles. The molecule has 4 aromatic carbocycles. The first kappa shape index (κ1) is 30.2. The number of benzene rings is 4. The number of amides is 1. The summed E-state index contributed by atoms with van der Waals surface area (Å²) in [6.07, 6.45) is 1.88. The van der Waals surface area contributed by atoms with Crippen LogP contribution < -0.4 is 4.90 Å². The second-order valence-electron chi connectivity index (χ2n) is 11.7. The Labute approximate surface area is 264 Å². The number of hydrogen-bond acceptors (Lipinski definition) is 5. The zero-order chi connectivity index (χ0) is 31.7. The SMILES string of the molecule is CC(C)N(C)CC(=O)N(C)c1ccc(-c2cnc3[nH]c4ccc(CS(=O)(=O)c5ccccc5)cc4c3c2-c2ccccc2)cc1. The maximum atomic E-state index is 13.2. The molecule has 7 nitrogen and oxygen atoms in total. The van der Waals surface area contributed by atoms with E-state index < -0.39 is 9.84 Å². The fourth-order valence-electron chi connectivity index (χ4n) is 5.56. The molecule has 6 aromatic rings. The second kappa shape index (κ2) is 12.3. The smallest absolute Gasteiger partial charge is 0.240 e. The van der Waals surface area contributed by atoms with Crippen LogP contribution in [0.25, 0.3) is 44.2 Å². The van der Waals surface area contributed by atoms with Gasteiger partial charge in [-0.25, -0.2) is 13.4 Å². The van der Waals surface area contributed by atoms with Crippen molar-refractivity contribution in [2.75, 3.05) is 25.5 Å². The largest absolute Gasteiger partial charge is 0.339 e. The molecule has 0 aliphatic heterocycles. The number of H-pyrrole nitrogens is 1. The lowest BCUT2D eigenvalue weighted by Gasteiger charge is -2.24. The molecule has 6 rings (SSSR count). The Balaban J connectivity index is 1.44. The fraction of sp³-hybridized carbons (Fsp3) is 0.189. The molecule has 0 atom stereocenters. The minimum Gasteiger partial charge on any atom is -0.339 e. The molecule has 0 aliphatic rings. The highest BCUT2D eigenvalue weighted by Gasteiger charge is 2.21. The third-order valence-electron chi connectivity index (χ3n) is 8.41. The van der Waals surface area contributed by atoms with Gasteiger partial charge in [-0.3, -0.25) is 9.69 Å². The van der Waals surface area contributed by atoms with Crippen molar-refractivity contribution in [2.45, 2.75) is 30.5 Å². The molecule has 0 aliphatic carbocycles. The lowest BCUT2D eigenvalue weighted by molar-refractivity contribution is -0.119. The summed E-state index contributed by atoms with van der Waals surface area (Å²) < 4.78 is 26.4. The molecule has 8 heteroatoms. The maximum Gasteiger partial charge on any atom is 0.240 e. The van der Waals surface area contributed by atoms with E-state index >= 15 is 0 Å². The molecule has 0 saturated carbocycles. The van der Waals surface area contributed by atoms with E-state index in [4.69, 9.17) is 4.98 Å². The highest BCUT2D eigenvalue weighted by atomic mass is 32.2. The van der Waals surface area contributed by atoms with Crippen LogP contribution in [0, 0.1) is 0 Å². The molecule has 0 bridgehead atoms. The number of carbonyl (C=O) groups excluding carboxylic acids is 1. The lowest BCUT2D eigenvalue weighted by Crippen LogP contribution is -2.39. The lowest BCUT2D eigenvalue weighted by atomic mass is 9.92. The van der Waals surface area contributed by atoms with Crippen LogP contribution in [0.15, 0.2) is 114 Å². The Bertz CT molecular complexity index is 2090. The van der Waals surface area contributed by atoms with Crippen LogP contribution in [-0.4, -0.2) is 55.9 Å². The summed E-state index contributed by atoms with van der Waals surface area (Å²) in [7, 11) is 0.233. The second-order valence-corrected chi connectivity index (χ2v) is 13.7. The first-order chi connectivity index (χ1) is 21.6. The number of anilines is 1. The fourth-order valence-corrected chi connectivity index (χ4v) is 6.91. The van der Waals surface area contributed by atoms with Gasteiger partial charge in [0.2, 0.25) is 5.91 Å². The Morgan fingerprint density at radius 1 is 0.844 bits per heavy atom. The van der Waals surface area contributed by atoms with Gasteiger partial charge in [0.25, 0.3) is 0 Å². The molecule has 0 saturated heterocycles. The highest BCUT2D eigenvalue weighted by molar-refractivity contribution is 7.90. The van der Waals surface area contributed by atoms with Gasteiger partial charge in [-0.2, -0.15) is 0 Å². The predicted octanol–water partition coefficient (Wildman–Crippen LogP) is 7.33. The van der Waals surface area contributed by atoms with Gasteiger partial charge in [0.1, 0.15) is 5.65 Å². The molecule has 0 spiro atoms. The minimum atomic E-state index is -3.52. The number of aromatic nitrogens is 2. The van der Waals surface area contributed by atoms with Gasteiger partial charge in [0.15, 0.2) is 9.84 Å². The highest BCUT2D eigenvalue weighted by Crippen LogP contribution is 2.41. The van der Waals surface area contributed by atoms with E-state index in [9.17, 15) is 13.2 Å². The molecule has 0 unspecified atom stereocenters. The zero-order valence-electron chi connectivity index (χ0n) is 25.9. The molecule has 1 amide bonds. The van der Waals surface area contributed by atoms with E-state index in [1.165, 1.54) is 0 Å². The maximum absolute atomic E-state index is 13.2. The number of sulfone groups is 1. The van der Waals surface area contributed by atoms with Gasteiger partial charge < -0.3 is 9.88 Å².